The molecule has 0 bridgehead atoms. The summed E-state index contributed by atoms with van der Waals surface area (Å²) in [4.78, 5) is 11.4. The zero-order valence-electron chi connectivity index (χ0n) is 10.3. The number of aromatic carboxylic acids is 1. The van der Waals surface area contributed by atoms with Crippen LogP contribution in [0.1, 0.15) is 10.4 Å². The van der Waals surface area contributed by atoms with Crippen LogP contribution in [-0.4, -0.2) is 18.2 Å². The molecule has 2 aromatic carbocycles. The van der Waals surface area contributed by atoms with Gasteiger partial charge < -0.3 is 9.84 Å². The Labute approximate surface area is 130 Å². The standard InChI is InChI=1S/C14H9Cl3O3/c1-20-8-2-3-9(10(6-8)14(18)19)13-11(16)4-7(15)5-12(13)17/h2-6H,1H3,(H,18,19). The molecular formula is C14H9Cl3O3. The van der Waals surface area contributed by atoms with Crippen LogP contribution in [-0.2, 0) is 0 Å². The van der Waals surface area contributed by atoms with Crippen molar-refractivity contribution in [2.45, 2.75) is 0 Å². The number of hydrogen-bond donors (Lipinski definition) is 1. The molecule has 1 N–H and O–H groups in total. The fourth-order valence-electron chi connectivity index (χ4n) is 1.84. The third-order valence-electron chi connectivity index (χ3n) is 2.73. The number of ether oxygens (including phenoxy) is 1. The van der Waals surface area contributed by atoms with E-state index in [-0.39, 0.29) is 15.6 Å². The van der Waals surface area contributed by atoms with Crippen LogP contribution in [0.2, 0.25) is 15.1 Å². The minimum absolute atomic E-state index is 0.0514. The predicted octanol–water partition coefficient (Wildman–Crippen LogP) is 5.02. The first-order valence-corrected chi connectivity index (χ1v) is 6.63. The number of hydrogen-bond acceptors (Lipinski definition) is 2. The van der Waals surface area contributed by atoms with Crippen molar-refractivity contribution >= 4 is 40.8 Å². The zero-order chi connectivity index (χ0) is 14.9. The first-order valence-electron chi connectivity index (χ1n) is 5.50. The molecule has 0 radical (unpaired) electrons. The topological polar surface area (TPSA) is 46.5 Å². The van der Waals surface area contributed by atoms with Gasteiger partial charge in [0, 0.05) is 10.6 Å². The molecule has 2 rings (SSSR count). The smallest absolute Gasteiger partial charge is 0.336 e. The van der Waals surface area contributed by atoms with E-state index < -0.39 is 5.97 Å². The van der Waals surface area contributed by atoms with Crippen LogP contribution in [0.25, 0.3) is 11.1 Å². The van der Waals surface area contributed by atoms with E-state index in [9.17, 15) is 9.90 Å². The Bertz CT molecular complexity index is 660. The maximum atomic E-state index is 11.4. The summed E-state index contributed by atoms with van der Waals surface area (Å²) in [5.41, 5.74) is 0.887. The van der Waals surface area contributed by atoms with Crippen molar-refractivity contribution in [3.8, 4) is 16.9 Å². The minimum atomic E-state index is -1.10. The van der Waals surface area contributed by atoms with E-state index in [4.69, 9.17) is 39.5 Å². The van der Waals surface area contributed by atoms with E-state index in [2.05, 4.69) is 0 Å². The van der Waals surface area contributed by atoms with Crippen LogP contribution < -0.4 is 4.74 Å². The molecule has 0 saturated heterocycles. The van der Waals surface area contributed by atoms with E-state index in [1.54, 1.807) is 12.1 Å². The molecule has 104 valence electrons. The number of carboxylic acid groups (broad SMARTS) is 1. The second kappa shape index (κ2) is 5.92. The lowest BCUT2D eigenvalue weighted by atomic mass is 9.99. The maximum Gasteiger partial charge on any atom is 0.336 e. The number of halogens is 3. The molecule has 0 fully saturated rings. The molecule has 0 aliphatic carbocycles. The fourth-order valence-corrected chi connectivity index (χ4v) is 2.87. The number of methoxy groups -OCH3 is 1. The molecule has 0 saturated carbocycles. The first kappa shape index (κ1) is 15.0. The summed E-state index contributed by atoms with van der Waals surface area (Å²) in [7, 11) is 1.46. The van der Waals surface area contributed by atoms with E-state index in [0.717, 1.165) is 0 Å². The van der Waals surface area contributed by atoms with E-state index in [0.29, 0.717) is 21.9 Å². The Balaban J connectivity index is 2.73. The van der Waals surface area contributed by atoms with E-state index in [1.165, 1.54) is 25.3 Å². The lowest BCUT2D eigenvalue weighted by Crippen LogP contribution is -2.01. The van der Waals surface area contributed by atoms with Gasteiger partial charge in [-0.15, -0.1) is 0 Å². The summed E-state index contributed by atoms with van der Waals surface area (Å²) in [6.07, 6.45) is 0. The van der Waals surface area contributed by atoms with Crippen LogP contribution in [0.3, 0.4) is 0 Å². The van der Waals surface area contributed by atoms with Gasteiger partial charge in [-0.05, 0) is 35.9 Å². The highest BCUT2D eigenvalue weighted by atomic mass is 35.5. The molecular weight excluding hydrogens is 323 g/mol. The van der Waals surface area contributed by atoms with E-state index >= 15 is 0 Å². The molecule has 0 heterocycles. The zero-order valence-corrected chi connectivity index (χ0v) is 12.6. The molecule has 2 aromatic rings. The SMILES string of the molecule is COc1ccc(-c2c(Cl)cc(Cl)cc2Cl)c(C(=O)O)c1. The van der Waals surface area contributed by atoms with Gasteiger partial charge in [0.2, 0.25) is 0 Å². The molecule has 3 nitrogen and oxygen atoms in total. The summed E-state index contributed by atoms with van der Waals surface area (Å²) in [5.74, 6) is -0.659. The average Bonchev–Trinajstić information content (AvgIpc) is 2.37. The number of carboxylic acids is 1. The highest BCUT2D eigenvalue weighted by Crippen LogP contribution is 2.39. The van der Waals surface area contributed by atoms with Crippen LogP contribution in [0.4, 0.5) is 0 Å². The molecule has 6 heteroatoms. The molecule has 0 aromatic heterocycles. The van der Waals surface area contributed by atoms with Crippen LogP contribution in [0.15, 0.2) is 30.3 Å². The van der Waals surface area contributed by atoms with Crippen LogP contribution in [0, 0.1) is 0 Å². The Hall–Kier alpha value is -1.42. The summed E-state index contributed by atoms with van der Waals surface area (Å²) < 4.78 is 5.03. The maximum absolute atomic E-state index is 11.4. The number of carbonyl (C=O) groups is 1. The van der Waals surface area contributed by atoms with Crippen LogP contribution in [0.5, 0.6) is 5.75 Å². The molecule has 0 amide bonds. The van der Waals surface area contributed by atoms with Crippen molar-refractivity contribution < 1.29 is 14.6 Å². The molecule has 0 spiro atoms. The predicted molar refractivity (Wildman–Crippen MR) is 80.4 cm³/mol. The van der Waals surface area contributed by atoms with Crippen molar-refractivity contribution in [3.63, 3.8) is 0 Å². The Morgan fingerprint density at radius 3 is 2.20 bits per heavy atom. The Kier molecular flexibility index (Phi) is 4.43. The lowest BCUT2D eigenvalue weighted by molar-refractivity contribution is 0.0697. The van der Waals surface area contributed by atoms with Gasteiger partial charge in [0.15, 0.2) is 0 Å². The average molecular weight is 332 g/mol. The largest absolute Gasteiger partial charge is 0.497 e. The van der Waals surface area contributed by atoms with Crippen molar-refractivity contribution in [1.82, 2.24) is 0 Å². The molecule has 0 aliphatic heterocycles. The summed E-state index contributed by atoms with van der Waals surface area (Å²) in [6, 6.07) is 7.69. The van der Waals surface area contributed by atoms with Gasteiger partial charge in [-0.2, -0.15) is 0 Å². The third kappa shape index (κ3) is 2.85. The summed E-state index contributed by atoms with van der Waals surface area (Å²) in [6.45, 7) is 0. The highest BCUT2D eigenvalue weighted by Gasteiger charge is 2.18. The van der Waals surface area contributed by atoms with Crippen molar-refractivity contribution in [2.75, 3.05) is 7.11 Å². The van der Waals surface area contributed by atoms with Crippen LogP contribution >= 0.6 is 34.8 Å². The highest BCUT2D eigenvalue weighted by molar-refractivity contribution is 6.42. The molecule has 0 atom stereocenters. The number of rotatable bonds is 3. The van der Waals surface area contributed by atoms with E-state index in [1.807, 2.05) is 0 Å². The third-order valence-corrected chi connectivity index (χ3v) is 3.55. The summed E-state index contributed by atoms with van der Waals surface area (Å²) >= 11 is 18.1. The normalized spacial score (nSPS) is 10.4. The van der Waals surface area contributed by atoms with Crippen molar-refractivity contribution in [2.24, 2.45) is 0 Å². The van der Waals surface area contributed by atoms with Crippen molar-refractivity contribution in [1.29, 1.82) is 0 Å². The van der Waals surface area contributed by atoms with Gasteiger partial charge in [0.05, 0.1) is 22.7 Å². The van der Waals surface area contributed by atoms with Gasteiger partial charge in [-0.25, -0.2) is 4.79 Å². The quantitative estimate of drug-likeness (QED) is 0.859. The Morgan fingerprint density at radius 1 is 1.10 bits per heavy atom. The first-order chi connectivity index (χ1) is 9.43. The Morgan fingerprint density at radius 2 is 1.70 bits per heavy atom. The van der Waals surface area contributed by atoms with Gasteiger partial charge in [0.25, 0.3) is 0 Å². The van der Waals surface area contributed by atoms with Gasteiger partial charge in [-0.3, -0.25) is 0 Å². The lowest BCUT2D eigenvalue weighted by Gasteiger charge is -2.12. The monoisotopic (exact) mass is 330 g/mol. The number of benzene rings is 2. The van der Waals surface area contributed by atoms with Crippen molar-refractivity contribution in [3.05, 3.63) is 51.0 Å². The second-order valence-electron chi connectivity index (χ2n) is 3.96. The summed E-state index contributed by atoms with van der Waals surface area (Å²) in [5, 5.41) is 10.3. The molecule has 0 aliphatic rings. The van der Waals surface area contributed by atoms with Gasteiger partial charge >= 0.3 is 5.97 Å². The fraction of sp³-hybridized carbons (Fsp3) is 0.0714. The minimum Gasteiger partial charge on any atom is -0.497 e. The second-order valence-corrected chi connectivity index (χ2v) is 5.21. The van der Waals surface area contributed by atoms with Gasteiger partial charge in [0.1, 0.15) is 5.75 Å². The van der Waals surface area contributed by atoms with Gasteiger partial charge in [-0.1, -0.05) is 34.8 Å². The molecule has 20 heavy (non-hydrogen) atoms. The molecule has 0 unspecified atom stereocenters.